The van der Waals surface area contributed by atoms with Crippen LogP contribution in [0.2, 0.25) is 0 Å². The van der Waals surface area contributed by atoms with Gasteiger partial charge in [-0.15, -0.1) is 0 Å². The molecule has 29 heavy (non-hydrogen) atoms. The van der Waals surface area contributed by atoms with E-state index in [4.69, 9.17) is 4.42 Å². The molecule has 1 N–H and O–H groups in total. The molecule has 1 aliphatic rings. The maximum Gasteiger partial charge on any atom is 0.326 e. The van der Waals surface area contributed by atoms with Crippen molar-refractivity contribution in [3.8, 4) is 0 Å². The van der Waals surface area contributed by atoms with Crippen molar-refractivity contribution in [1.29, 1.82) is 0 Å². The Morgan fingerprint density at radius 3 is 2.69 bits per heavy atom. The SMILES string of the molecule is O=C(CCc1nc2ccccc2o1)N1CCC(n2c(=O)[nH]c3ccccc32)CC1. The second kappa shape index (κ2) is 7.24. The van der Waals surface area contributed by atoms with Gasteiger partial charge in [-0.05, 0) is 37.1 Å². The highest BCUT2D eigenvalue weighted by Gasteiger charge is 2.26. The molecule has 1 fully saturated rings. The van der Waals surface area contributed by atoms with E-state index in [0.717, 1.165) is 35.0 Å². The van der Waals surface area contributed by atoms with Gasteiger partial charge in [0.1, 0.15) is 5.52 Å². The van der Waals surface area contributed by atoms with E-state index in [1.165, 1.54) is 0 Å². The minimum absolute atomic E-state index is 0.0769. The highest BCUT2D eigenvalue weighted by molar-refractivity contribution is 5.77. The summed E-state index contributed by atoms with van der Waals surface area (Å²) in [4.78, 5) is 34.3. The summed E-state index contributed by atoms with van der Waals surface area (Å²) >= 11 is 0. The van der Waals surface area contributed by atoms with Gasteiger partial charge in [0.15, 0.2) is 11.5 Å². The van der Waals surface area contributed by atoms with E-state index >= 15 is 0 Å². The number of likely N-dealkylation sites (tertiary alicyclic amines) is 1. The van der Waals surface area contributed by atoms with Crippen LogP contribution < -0.4 is 5.69 Å². The molecule has 1 aliphatic heterocycles. The third-order valence-corrected chi connectivity index (χ3v) is 5.70. The smallest absolute Gasteiger partial charge is 0.326 e. The van der Waals surface area contributed by atoms with Crippen LogP contribution in [0.1, 0.15) is 31.2 Å². The molecule has 0 aliphatic carbocycles. The second-order valence-electron chi connectivity index (χ2n) is 7.50. The maximum absolute atomic E-state index is 12.6. The molecule has 7 nitrogen and oxygen atoms in total. The zero-order valence-electron chi connectivity index (χ0n) is 16.0. The summed E-state index contributed by atoms with van der Waals surface area (Å²) in [7, 11) is 0. The normalized spacial score (nSPS) is 15.4. The largest absolute Gasteiger partial charge is 0.441 e. The molecule has 0 saturated carbocycles. The van der Waals surface area contributed by atoms with Crippen LogP contribution in [0.15, 0.2) is 57.7 Å². The first kappa shape index (κ1) is 17.7. The van der Waals surface area contributed by atoms with Gasteiger partial charge in [0.25, 0.3) is 0 Å². The van der Waals surface area contributed by atoms with Gasteiger partial charge in [0, 0.05) is 32.0 Å². The van der Waals surface area contributed by atoms with Crippen LogP contribution in [0.25, 0.3) is 22.1 Å². The summed E-state index contributed by atoms with van der Waals surface area (Å²) in [6.07, 6.45) is 2.42. The summed E-state index contributed by atoms with van der Waals surface area (Å²) in [6.45, 7) is 1.31. The zero-order chi connectivity index (χ0) is 19.8. The molecule has 0 spiro atoms. The molecule has 4 aromatic rings. The number of oxazole rings is 1. The number of imidazole rings is 1. The van der Waals surface area contributed by atoms with Crippen LogP contribution in [0, 0.1) is 0 Å². The lowest BCUT2D eigenvalue weighted by Gasteiger charge is -2.32. The Morgan fingerprint density at radius 1 is 1.10 bits per heavy atom. The van der Waals surface area contributed by atoms with Crippen LogP contribution in [0.4, 0.5) is 0 Å². The van der Waals surface area contributed by atoms with Gasteiger partial charge < -0.3 is 14.3 Å². The Morgan fingerprint density at radius 2 is 1.86 bits per heavy atom. The number of nitrogens with one attached hydrogen (secondary N) is 1. The molecule has 1 saturated heterocycles. The third-order valence-electron chi connectivity index (χ3n) is 5.70. The number of benzene rings is 2. The highest BCUT2D eigenvalue weighted by atomic mass is 16.3. The maximum atomic E-state index is 12.6. The van der Waals surface area contributed by atoms with Crippen LogP contribution in [0.5, 0.6) is 0 Å². The number of aromatic amines is 1. The van der Waals surface area contributed by atoms with Crippen molar-refractivity contribution in [3.05, 3.63) is 64.9 Å². The fourth-order valence-corrected chi connectivity index (χ4v) is 4.21. The van der Waals surface area contributed by atoms with Crippen molar-refractivity contribution in [3.63, 3.8) is 0 Å². The third kappa shape index (κ3) is 3.33. The number of hydrogen-bond donors (Lipinski definition) is 1. The van der Waals surface area contributed by atoms with E-state index in [9.17, 15) is 9.59 Å². The summed E-state index contributed by atoms with van der Waals surface area (Å²) in [5.41, 5.74) is 3.28. The van der Waals surface area contributed by atoms with Gasteiger partial charge in [-0.25, -0.2) is 9.78 Å². The van der Waals surface area contributed by atoms with E-state index in [-0.39, 0.29) is 17.6 Å². The number of rotatable bonds is 4. The van der Waals surface area contributed by atoms with Gasteiger partial charge in [-0.1, -0.05) is 24.3 Å². The molecule has 2 aromatic heterocycles. The average Bonchev–Trinajstić information content (AvgIpc) is 3.31. The number of para-hydroxylation sites is 4. The summed E-state index contributed by atoms with van der Waals surface area (Å²) in [5, 5.41) is 0. The Balaban J connectivity index is 1.21. The molecule has 0 bridgehead atoms. The number of H-pyrrole nitrogens is 1. The standard InChI is InChI=1S/C22H22N4O3/c27-21(10-9-20-23-17-6-2-4-8-19(17)29-20)25-13-11-15(12-14-25)26-18-7-3-1-5-16(18)24-22(26)28/h1-8,15H,9-14H2,(H,24,28). The monoisotopic (exact) mass is 390 g/mol. The number of carbonyl (C=O) groups excluding carboxylic acids is 1. The Kier molecular flexibility index (Phi) is 4.42. The molecular formula is C22H22N4O3. The van der Waals surface area contributed by atoms with E-state index in [0.29, 0.717) is 31.8 Å². The van der Waals surface area contributed by atoms with Crippen molar-refractivity contribution in [2.75, 3.05) is 13.1 Å². The summed E-state index contributed by atoms with van der Waals surface area (Å²) in [6, 6.07) is 15.5. The van der Waals surface area contributed by atoms with Gasteiger partial charge in [-0.2, -0.15) is 0 Å². The number of amides is 1. The predicted molar refractivity (Wildman–Crippen MR) is 110 cm³/mol. The first-order chi connectivity index (χ1) is 14.2. The summed E-state index contributed by atoms with van der Waals surface area (Å²) in [5.74, 6) is 0.705. The lowest BCUT2D eigenvalue weighted by atomic mass is 10.0. The number of aromatic nitrogens is 3. The zero-order valence-corrected chi connectivity index (χ0v) is 16.0. The molecule has 1 amide bonds. The predicted octanol–water partition coefficient (Wildman–Crippen LogP) is 3.27. The minimum atomic E-state index is -0.0769. The number of piperidine rings is 1. The molecule has 148 valence electrons. The molecule has 0 atom stereocenters. The molecule has 5 rings (SSSR count). The lowest BCUT2D eigenvalue weighted by Crippen LogP contribution is -2.40. The molecule has 7 heteroatoms. The first-order valence-corrected chi connectivity index (χ1v) is 10.0. The van der Waals surface area contributed by atoms with Gasteiger partial charge in [0.2, 0.25) is 5.91 Å². The molecule has 0 radical (unpaired) electrons. The highest BCUT2D eigenvalue weighted by Crippen LogP contribution is 2.25. The van der Waals surface area contributed by atoms with Crippen LogP contribution in [-0.4, -0.2) is 38.4 Å². The van der Waals surface area contributed by atoms with E-state index in [1.807, 2.05) is 58.0 Å². The second-order valence-corrected chi connectivity index (χ2v) is 7.50. The van der Waals surface area contributed by atoms with Gasteiger partial charge in [0.05, 0.1) is 11.0 Å². The van der Waals surface area contributed by atoms with Gasteiger partial charge in [-0.3, -0.25) is 9.36 Å². The fraction of sp³-hybridized carbons (Fsp3) is 0.318. The number of carbonyl (C=O) groups is 1. The minimum Gasteiger partial charge on any atom is -0.441 e. The molecule has 0 unspecified atom stereocenters. The van der Waals surface area contributed by atoms with Gasteiger partial charge >= 0.3 is 5.69 Å². The Hall–Kier alpha value is -3.35. The van der Waals surface area contributed by atoms with Crippen molar-refractivity contribution in [1.82, 2.24) is 19.4 Å². The number of aryl methyl sites for hydroxylation is 1. The van der Waals surface area contributed by atoms with Crippen molar-refractivity contribution in [2.45, 2.75) is 31.7 Å². The summed E-state index contributed by atoms with van der Waals surface area (Å²) < 4.78 is 7.55. The van der Waals surface area contributed by atoms with Crippen LogP contribution in [0.3, 0.4) is 0 Å². The van der Waals surface area contributed by atoms with Crippen molar-refractivity contribution >= 4 is 28.0 Å². The number of fused-ring (bicyclic) bond motifs is 2. The quantitative estimate of drug-likeness (QED) is 0.580. The number of nitrogens with zero attached hydrogens (tertiary/aromatic N) is 3. The van der Waals surface area contributed by atoms with Crippen LogP contribution in [-0.2, 0) is 11.2 Å². The lowest BCUT2D eigenvalue weighted by molar-refractivity contribution is -0.132. The first-order valence-electron chi connectivity index (χ1n) is 10.0. The number of hydrogen-bond acceptors (Lipinski definition) is 4. The van der Waals surface area contributed by atoms with E-state index < -0.39 is 0 Å². The molecule has 2 aromatic carbocycles. The van der Waals surface area contributed by atoms with Crippen molar-refractivity contribution < 1.29 is 9.21 Å². The molecular weight excluding hydrogens is 368 g/mol. The van der Waals surface area contributed by atoms with E-state index in [1.54, 1.807) is 0 Å². The van der Waals surface area contributed by atoms with Crippen molar-refractivity contribution in [2.24, 2.45) is 0 Å². The Bertz CT molecular complexity index is 1190. The van der Waals surface area contributed by atoms with Crippen LogP contribution >= 0.6 is 0 Å². The Labute approximate surface area is 167 Å². The average molecular weight is 390 g/mol. The fourth-order valence-electron chi connectivity index (χ4n) is 4.21. The molecule has 3 heterocycles. The topological polar surface area (TPSA) is 84.1 Å². The van der Waals surface area contributed by atoms with E-state index in [2.05, 4.69) is 9.97 Å².